The Morgan fingerprint density at radius 2 is 1.87 bits per heavy atom. The van der Waals surface area contributed by atoms with Gasteiger partial charge in [0.05, 0.1) is 12.5 Å². The summed E-state index contributed by atoms with van der Waals surface area (Å²) >= 11 is 0. The summed E-state index contributed by atoms with van der Waals surface area (Å²) in [6.45, 7) is 0. The zero-order valence-corrected chi connectivity index (χ0v) is 12.1. The Bertz CT molecular complexity index is 809. The first kappa shape index (κ1) is 14.6. The van der Waals surface area contributed by atoms with Gasteiger partial charge in [0.25, 0.3) is 5.91 Å². The normalized spacial score (nSPS) is 10.8. The van der Waals surface area contributed by atoms with Crippen LogP contribution in [0.2, 0.25) is 0 Å². The summed E-state index contributed by atoms with van der Waals surface area (Å²) in [5, 5.41) is 3.90. The molecule has 23 heavy (non-hydrogen) atoms. The third-order valence-corrected chi connectivity index (χ3v) is 3.18. The van der Waals surface area contributed by atoms with Crippen LogP contribution in [0.5, 0.6) is 0 Å². The third kappa shape index (κ3) is 3.68. The molecule has 0 saturated heterocycles. The van der Waals surface area contributed by atoms with Gasteiger partial charge in [-0.2, -0.15) is 5.10 Å². The molecule has 3 rings (SSSR count). The summed E-state index contributed by atoms with van der Waals surface area (Å²) in [6, 6.07) is 12.9. The standard InChI is InChI=1S/C17H13FN4O/c18-15-5-3-14(4-6-15)17(23)21-20-11-13-1-7-16(8-2-13)22-10-9-19-12-22/h1-12H,(H,21,23)/b20-11+. The first-order chi connectivity index (χ1) is 11.2. The van der Waals surface area contributed by atoms with Crippen LogP contribution in [0.25, 0.3) is 5.69 Å². The van der Waals surface area contributed by atoms with Gasteiger partial charge in [-0.1, -0.05) is 12.1 Å². The fourth-order valence-corrected chi connectivity index (χ4v) is 1.98. The number of halogens is 1. The lowest BCUT2D eigenvalue weighted by molar-refractivity contribution is 0.0955. The number of nitrogens with one attached hydrogen (secondary N) is 1. The van der Waals surface area contributed by atoms with Gasteiger partial charge in [-0.15, -0.1) is 0 Å². The molecule has 0 radical (unpaired) electrons. The number of amides is 1. The minimum Gasteiger partial charge on any atom is -0.306 e. The molecular weight excluding hydrogens is 295 g/mol. The highest BCUT2D eigenvalue weighted by atomic mass is 19.1. The van der Waals surface area contributed by atoms with E-state index in [1.54, 1.807) is 18.7 Å². The van der Waals surface area contributed by atoms with Crippen molar-refractivity contribution in [1.29, 1.82) is 0 Å². The van der Waals surface area contributed by atoms with Gasteiger partial charge < -0.3 is 4.57 Å². The number of hydrogen-bond donors (Lipinski definition) is 1. The van der Waals surface area contributed by atoms with Crippen LogP contribution in [0, 0.1) is 5.82 Å². The molecule has 5 nitrogen and oxygen atoms in total. The number of nitrogens with zero attached hydrogens (tertiary/aromatic N) is 3. The van der Waals surface area contributed by atoms with Gasteiger partial charge in [0.2, 0.25) is 0 Å². The Hall–Kier alpha value is -3.28. The molecule has 0 aliphatic heterocycles. The molecule has 0 bridgehead atoms. The first-order valence-corrected chi connectivity index (χ1v) is 6.90. The van der Waals surface area contributed by atoms with Crippen molar-refractivity contribution in [2.45, 2.75) is 0 Å². The molecule has 114 valence electrons. The zero-order chi connectivity index (χ0) is 16.1. The second-order valence-electron chi connectivity index (χ2n) is 4.77. The van der Waals surface area contributed by atoms with Crippen molar-refractivity contribution >= 4 is 12.1 Å². The van der Waals surface area contributed by atoms with E-state index in [4.69, 9.17) is 0 Å². The van der Waals surface area contributed by atoms with Crippen LogP contribution in [0.4, 0.5) is 4.39 Å². The molecule has 0 spiro atoms. The maximum absolute atomic E-state index is 12.8. The molecule has 6 heteroatoms. The molecule has 1 aromatic heterocycles. The van der Waals surface area contributed by atoms with E-state index in [0.717, 1.165) is 11.3 Å². The summed E-state index contributed by atoms with van der Waals surface area (Å²) < 4.78 is 14.7. The zero-order valence-electron chi connectivity index (χ0n) is 12.1. The minimum atomic E-state index is -0.392. The van der Waals surface area contributed by atoms with E-state index in [0.29, 0.717) is 5.56 Å². The van der Waals surface area contributed by atoms with Gasteiger partial charge in [-0.25, -0.2) is 14.8 Å². The molecular formula is C17H13FN4O. The van der Waals surface area contributed by atoms with E-state index < -0.39 is 5.91 Å². The fourth-order valence-electron chi connectivity index (χ4n) is 1.98. The van der Waals surface area contributed by atoms with Crippen LogP contribution in [-0.4, -0.2) is 21.7 Å². The Morgan fingerprint density at radius 1 is 1.13 bits per heavy atom. The smallest absolute Gasteiger partial charge is 0.271 e. The summed E-state index contributed by atoms with van der Waals surface area (Å²) in [4.78, 5) is 15.8. The van der Waals surface area contributed by atoms with E-state index in [-0.39, 0.29) is 5.82 Å². The predicted molar refractivity (Wildman–Crippen MR) is 85.0 cm³/mol. The number of imidazole rings is 1. The monoisotopic (exact) mass is 308 g/mol. The van der Waals surface area contributed by atoms with Gasteiger partial charge in [0.1, 0.15) is 5.82 Å². The van der Waals surface area contributed by atoms with Crippen molar-refractivity contribution in [3.63, 3.8) is 0 Å². The topological polar surface area (TPSA) is 59.3 Å². The van der Waals surface area contributed by atoms with Crippen LogP contribution in [0.15, 0.2) is 72.4 Å². The van der Waals surface area contributed by atoms with Crippen LogP contribution in [0.3, 0.4) is 0 Å². The van der Waals surface area contributed by atoms with Crippen molar-refractivity contribution < 1.29 is 9.18 Å². The largest absolute Gasteiger partial charge is 0.306 e. The summed E-state index contributed by atoms with van der Waals surface area (Å²) in [5.74, 6) is -0.778. The molecule has 2 aromatic carbocycles. The number of rotatable bonds is 4. The number of benzene rings is 2. The maximum atomic E-state index is 12.8. The Labute approximate surface area is 132 Å². The molecule has 1 N–H and O–H groups in total. The summed E-state index contributed by atoms with van der Waals surface area (Å²) in [7, 11) is 0. The lowest BCUT2D eigenvalue weighted by Gasteiger charge is -2.02. The Kier molecular flexibility index (Phi) is 4.24. The predicted octanol–water partition coefficient (Wildman–Crippen LogP) is 2.78. The average Bonchev–Trinajstić information content (AvgIpc) is 3.10. The fraction of sp³-hybridized carbons (Fsp3) is 0. The lowest BCUT2D eigenvalue weighted by Crippen LogP contribution is -2.17. The quantitative estimate of drug-likeness (QED) is 0.595. The average molecular weight is 308 g/mol. The van der Waals surface area contributed by atoms with Gasteiger partial charge in [0.15, 0.2) is 0 Å². The number of carbonyl (C=O) groups excluding carboxylic acids is 1. The Morgan fingerprint density at radius 3 is 2.52 bits per heavy atom. The van der Waals surface area contributed by atoms with Crippen LogP contribution in [-0.2, 0) is 0 Å². The van der Waals surface area contributed by atoms with Gasteiger partial charge in [-0.05, 0) is 42.0 Å². The van der Waals surface area contributed by atoms with Gasteiger partial charge in [-0.3, -0.25) is 4.79 Å². The molecule has 0 atom stereocenters. The highest BCUT2D eigenvalue weighted by Gasteiger charge is 2.03. The number of aromatic nitrogens is 2. The van der Waals surface area contributed by atoms with Crippen molar-refractivity contribution in [1.82, 2.24) is 15.0 Å². The molecule has 1 heterocycles. The molecule has 0 aliphatic rings. The number of hydrazone groups is 1. The maximum Gasteiger partial charge on any atom is 0.271 e. The van der Waals surface area contributed by atoms with E-state index in [9.17, 15) is 9.18 Å². The minimum absolute atomic E-state index is 0.346. The van der Waals surface area contributed by atoms with Gasteiger partial charge in [0, 0.05) is 23.6 Å². The molecule has 0 fully saturated rings. The van der Waals surface area contributed by atoms with E-state index in [1.807, 2.05) is 35.0 Å². The molecule has 0 unspecified atom stereocenters. The second-order valence-corrected chi connectivity index (χ2v) is 4.77. The van der Waals surface area contributed by atoms with Crippen LogP contribution in [0.1, 0.15) is 15.9 Å². The summed E-state index contributed by atoms with van der Waals surface area (Å²) in [5.41, 5.74) is 4.57. The Balaban J connectivity index is 1.61. The van der Waals surface area contributed by atoms with Crippen LogP contribution >= 0.6 is 0 Å². The molecule has 1 amide bonds. The van der Waals surface area contributed by atoms with Crippen molar-refractivity contribution in [2.24, 2.45) is 5.10 Å². The third-order valence-electron chi connectivity index (χ3n) is 3.18. The molecule has 3 aromatic rings. The molecule has 0 aliphatic carbocycles. The highest BCUT2D eigenvalue weighted by molar-refractivity contribution is 5.94. The number of carbonyl (C=O) groups is 1. The molecule has 0 saturated carbocycles. The second kappa shape index (κ2) is 6.65. The lowest BCUT2D eigenvalue weighted by atomic mass is 10.2. The number of hydrogen-bond acceptors (Lipinski definition) is 3. The van der Waals surface area contributed by atoms with Crippen molar-refractivity contribution in [3.05, 3.63) is 84.2 Å². The highest BCUT2D eigenvalue weighted by Crippen LogP contribution is 2.08. The van der Waals surface area contributed by atoms with Crippen molar-refractivity contribution in [3.8, 4) is 5.69 Å². The SMILES string of the molecule is O=C(N/N=C/c1ccc(-n2ccnc2)cc1)c1ccc(F)cc1. The van der Waals surface area contributed by atoms with E-state index in [2.05, 4.69) is 15.5 Å². The van der Waals surface area contributed by atoms with E-state index >= 15 is 0 Å². The van der Waals surface area contributed by atoms with E-state index in [1.165, 1.54) is 24.3 Å². The van der Waals surface area contributed by atoms with Crippen LogP contribution < -0.4 is 5.43 Å². The summed E-state index contributed by atoms with van der Waals surface area (Å²) in [6.07, 6.45) is 6.82. The van der Waals surface area contributed by atoms with Crippen molar-refractivity contribution in [2.75, 3.05) is 0 Å². The first-order valence-electron chi connectivity index (χ1n) is 6.90. The van der Waals surface area contributed by atoms with Gasteiger partial charge >= 0.3 is 0 Å².